The number of sulfonamides is 1. The van der Waals surface area contributed by atoms with E-state index in [-0.39, 0.29) is 21.6 Å². The molecule has 0 saturated heterocycles. The molecule has 0 radical (unpaired) electrons. The maximum absolute atomic E-state index is 12.8. The third kappa shape index (κ3) is 3.73. The van der Waals surface area contributed by atoms with Gasteiger partial charge in [0.2, 0.25) is 10.0 Å². The molecule has 0 atom stereocenters. The Balaban J connectivity index is 1.86. The van der Waals surface area contributed by atoms with Gasteiger partial charge in [0, 0.05) is 18.7 Å². The number of hydrogen-bond donors (Lipinski definition) is 0. The second-order valence-corrected chi connectivity index (χ2v) is 8.66. The average Bonchev–Trinajstić information content (AvgIpc) is 2.98. The van der Waals surface area contributed by atoms with Crippen molar-refractivity contribution >= 4 is 27.7 Å². The first kappa shape index (κ1) is 20.9. The summed E-state index contributed by atoms with van der Waals surface area (Å²) in [4.78, 5) is 38.3. The van der Waals surface area contributed by atoms with Crippen LogP contribution in [0.15, 0.2) is 53.4 Å². The molecule has 0 aromatic heterocycles. The van der Waals surface area contributed by atoms with Crippen molar-refractivity contribution in [1.82, 2.24) is 9.21 Å². The second kappa shape index (κ2) is 8.26. The molecule has 152 valence electrons. The monoisotopic (exact) mass is 414 g/mol. The van der Waals surface area contributed by atoms with Crippen LogP contribution >= 0.6 is 0 Å². The van der Waals surface area contributed by atoms with E-state index in [9.17, 15) is 22.8 Å². The predicted molar refractivity (Wildman–Crippen MR) is 107 cm³/mol. The van der Waals surface area contributed by atoms with Gasteiger partial charge in [0.05, 0.1) is 16.0 Å². The normalized spacial score (nSPS) is 13.8. The molecule has 1 aliphatic heterocycles. The summed E-state index contributed by atoms with van der Waals surface area (Å²) in [5, 5.41) is 0. The molecular formula is C21H22N2O5S. The van der Waals surface area contributed by atoms with Gasteiger partial charge in [-0.05, 0) is 49.2 Å². The van der Waals surface area contributed by atoms with Crippen LogP contribution < -0.4 is 0 Å². The molecule has 0 N–H and O–H groups in total. The van der Waals surface area contributed by atoms with E-state index in [0.29, 0.717) is 30.8 Å². The minimum atomic E-state index is -3.68. The van der Waals surface area contributed by atoms with E-state index < -0.39 is 27.7 Å². The van der Waals surface area contributed by atoms with Crippen LogP contribution in [0.25, 0.3) is 0 Å². The molecule has 1 aliphatic rings. The Labute approximate surface area is 170 Å². The molecule has 29 heavy (non-hydrogen) atoms. The number of fused-ring (bicyclic) bond motifs is 1. The molecule has 2 aromatic carbocycles. The Morgan fingerprint density at radius 1 is 0.862 bits per heavy atom. The summed E-state index contributed by atoms with van der Waals surface area (Å²) in [6, 6.07) is 11.6. The smallest absolute Gasteiger partial charge is 0.268 e. The fourth-order valence-corrected chi connectivity index (χ4v) is 4.90. The van der Waals surface area contributed by atoms with E-state index in [1.165, 1.54) is 40.7 Å². The van der Waals surface area contributed by atoms with E-state index in [4.69, 9.17) is 0 Å². The summed E-state index contributed by atoms with van der Waals surface area (Å²) in [6.07, 6.45) is 1.38. The van der Waals surface area contributed by atoms with Crippen LogP contribution in [0.4, 0.5) is 0 Å². The highest BCUT2D eigenvalue weighted by molar-refractivity contribution is 7.89. The lowest BCUT2D eigenvalue weighted by molar-refractivity contribution is 0.0566. The number of carbonyl (C=O) groups is 3. The predicted octanol–water partition coefficient (Wildman–Crippen LogP) is 2.93. The lowest BCUT2D eigenvalue weighted by atomic mass is 10.1. The van der Waals surface area contributed by atoms with Crippen molar-refractivity contribution in [2.75, 3.05) is 13.1 Å². The SMILES string of the molecule is CCCN(CCC)S(=O)(=O)c1ccc(C(=O)N2C(=O)c3ccccc3C2=O)cc1. The fourth-order valence-electron chi connectivity index (χ4n) is 3.27. The molecule has 0 fully saturated rings. The Kier molecular flexibility index (Phi) is 5.95. The third-order valence-electron chi connectivity index (χ3n) is 4.68. The van der Waals surface area contributed by atoms with Gasteiger partial charge < -0.3 is 0 Å². The van der Waals surface area contributed by atoms with Gasteiger partial charge in [0.25, 0.3) is 17.7 Å². The number of rotatable bonds is 7. The number of carbonyl (C=O) groups excluding carboxylic acids is 3. The zero-order chi connectivity index (χ0) is 21.2. The molecule has 0 bridgehead atoms. The minimum absolute atomic E-state index is 0.0657. The van der Waals surface area contributed by atoms with Gasteiger partial charge >= 0.3 is 0 Å². The first-order valence-corrected chi connectivity index (χ1v) is 10.9. The van der Waals surface area contributed by atoms with Crippen LogP contribution in [-0.2, 0) is 10.0 Å². The van der Waals surface area contributed by atoms with Crippen LogP contribution in [0.5, 0.6) is 0 Å². The van der Waals surface area contributed by atoms with Crippen molar-refractivity contribution < 1.29 is 22.8 Å². The summed E-state index contributed by atoms with van der Waals surface area (Å²) >= 11 is 0. The summed E-state index contributed by atoms with van der Waals surface area (Å²) in [6.45, 7) is 4.63. The molecule has 0 unspecified atom stereocenters. The van der Waals surface area contributed by atoms with E-state index in [0.717, 1.165) is 0 Å². The Morgan fingerprint density at radius 3 is 1.79 bits per heavy atom. The number of nitrogens with zero attached hydrogens (tertiary/aromatic N) is 2. The van der Waals surface area contributed by atoms with E-state index in [2.05, 4.69) is 0 Å². The van der Waals surface area contributed by atoms with Crippen molar-refractivity contribution in [2.24, 2.45) is 0 Å². The molecule has 8 heteroatoms. The van der Waals surface area contributed by atoms with Gasteiger partial charge in [-0.3, -0.25) is 14.4 Å². The van der Waals surface area contributed by atoms with E-state index in [1.54, 1.807) is 12.1 Å². The first-order chi connectivity index (χ1) is 13.8. The van der Waals surface area contributed by atoms with Crippen LogP contribution in [0, 0.1) is 0 Å². The van der Waals surface area contributed by atoms with Gasteiger partial charge in [-0.1, -0.05) is 26.0 Å². The lowest BCUT2D eigenvalue weighted by Crippen LogP contribution is -2.36. The van der Waals surface area contributed by atoms with E-state index >= 15 is 0 Å². The average molecular weight is 414 g/mol. The first-order valence-electron chi connectivity index (χ1n) is 9.45. The van der Waals surface area contributed by atoms with Gasteiger partial charge in [-0.25, -0.2) is 13.3 Å². The summed E-state index contributed by atoms with van der Waals surface area (Å²) in [5.41, 5.74) is 0.427. The standard InChI is InChI=1S/C21H22N2O5S/c1-3-13-22(14-4-2)29(27,28)16-11-9-15(10-12-16)19(24)23-20(25)17-7-5-6-8-18(17)21(23)26/h5-12H,3-4,13-14H2,1-2H3. The molecule has 3 amide bonds. The largest absolute Gasteiger partial charge is 0.268 e. The lowest BCUT2D eigenvalue weighted by Gasteiger charge is -2.21. The van der Waals surface area contributed by atoms with Crippen molar-refractivity contribution in [3.63, 3.8) is 0 Å². The summed E-state index contributed by atoms with van der Waals surface area (Å²) < 4.78 is 27.1. The minimum Gasteiger partial charge on any atom is -0.268 e. The van der Waals surface area contributed by atoms with Crippen molar-refractivity contribution in [2.45, 2.75) is 31.6 Å². The highest BCUT2D eigenvalue weighted by atomic mass is 32.2. The van der Waals surface area contributed by atoms with Gasteiger partial charge in [0.1, 0.15) is 0 Å². The maximum atomic E-state index is 12.8. The molecule has 0 aliphatic carbocycles. The van der Waals surface area contributed by atoms with E-state index in [1.807, 2.05) is 13.8 Å². The van der Waals surface area contributed by atoms with Crippen LogP contribution in [-0.4, -0.2) is 48.4 Å². The Bertz CT molecular complexity index is 1020. The Morgan fingerprint density at radius 2 is 1.34 bits per heavy atom. The van der Waals surface area contributed by atoms with Gasteiger partial charge in [-0.15, -0.1) is 0 Å². The number of amides is 3. The molecule has 0 spiro atoms. The van der Waals surface area contributed by atoms with Crippen molar-refractivity contribution in [1.29, 1.82) is 0 Å². The maximum Gasteiger partial charge on any atom is 0.268 e. The van der Waals surface area contributed by atoms with Crippen molar-refractivity contribution in [3.05, 3.63) is 65.2 Å². The highest BCUT2D eigenvalue weighted by Crippen LogP contribution is 2.25. The van der Waals surface area contributed by atoms with Crippen LogP contribution in [0.3, 0.4) is 0 Å². The zero-order valence-electron chi connectivity index (χ0n) is 16.3. The van der Waals surface area contributed by atoms with Crippen molar-refractivity contribution in [3.8, 4) is 0 Å². The van der Waals surface area contributed by atoms with Crippen LogP contribution in [0.2, 0.25) is 0 Å². The summed E-state index contributed by atoms with van der Waals surface area (Å²) in [5.74, 6) is -2.13. The molecule has 7 nitrogen and oxygen atoms in total. The molecule has 0 saturated carbocycles. The summed E-state index contributed by atoms with van der Waals surface area (Å²) in [7, 11) is -3.68. The molecule has 1 heterocycles. The Hall–Kier alpha value is -2.84. The quantitative estimate of drug-likeness (QED) is 0.650. The van der Waals surface area contributed by atoms with Crippen LogP contribution in [0.1, 0.15) is 57.8 Å². The highest BCUT2D eigenvalue weighted by Gasteiger charge is 2.40. The third-order valence-corrected chi connectivity index (χ3v) is 6.60. The molecule has 2 aromatic rings. The van der Waals surface area contributed by atoms with Gasteiger partial charge in [0.15, 0.2) is 0 Å². The molecule has 3 rings (SSSR count). The number of benzene rings is 2. The van der Waals surface area contributed by atoms with Gasteiger partial charge in [-0.2, -0.15) is 4.31 Å². The number of imide groups is 3. The fraction of sp³-hybridized carbons (Fsp3) is 0.286. The molecular weight excluding hydrogens is 392 g/mol. The topological polar surface area (TPSA) is 91.8 Å². The second-order valence-electron chi connectivity index (χ2n) is 6.72. The zero-order valence-corrected chi connectivity index (χ0v) is 17.1. The number of hydrogen-bond acceptors (Lipinski definition) is 5.